The molecule has 18 heteroatoms. The van der Waals surface area contributed by atoms with Crippen LogP contribution in [0.5, 0.6) is 0 Å². The lowest BCUT2D eigenvalue weighted by Crippen LogP contribution is -2.34. The van der Waals surface area contributed by atoms with E-state index in [1.54, 1.807) is 13.8 Å². The van der Waals surface area contributed by atoms with Gasteiger partial charge in [-0.25, -0.2) is 0 Å². The second kappa shape index (κ2) is 27.0. The number of aliphatic carboxylic acids is 6. The van der Waals surface area contributed by atoms with Gasteiger partial charge in [-0.05, 0) is 31.2 Å². The van der Waals surface area contributed by atoms with E-state index in [4.69, 9.17) is 59.3 Å². The highest BCUT2D eigenvalue weighted by Gasteiger charge is 2.14. The molecule has 0 bridgehead atoms. The van der Waals surface area contributed by atoms with Crippen LogP contribution >= 0.6 is 12.6 Å². The number of nitrogens with two attached hydrogens (primary N) is 5. The van der Waals surface area contributed by atoms with Crippen molar-refractivity contribution in [1.29, 1.82) is 0 Å². The molecule has 5 atom stereocenters. The third kappa shape index (κ3) is 32.6. The standard InChI is InChI=1S/C9H11NO2.C5H9NO4.C5H11NO2.C3H7NO2S.C3H7NO2/c10-8(9(11)12)6-7-4-2-1-3-5-7;6-3(5(9)10)1-2-4(7)8;1-3(2)4(6)5(7)8;4-2(1-7)3(5)6;1-2(4)3(5)6/h1-5,8H,6,10H2,(H,11,12);3H,1-2,6H2,(H,7,8)(H,9,10);3-4H,6H2,1-2H3,(H,7,8);2,7H,1,4H2,(H,5,6);2H,4H2,1H3,(H,5,6). The summed E-state index contributed by atoms with van der Waals surface area (Å²) >= 11 is 3.65. The van der Waals surface area contributed by atoms with Crippen LogP contribution in [0.1, 0.15) is 39.2 Å². The second-order valence-corrected chi connectivity index (χ2v) is 9.24. The normalized spacial score (nSPS) is 13.1. The van der Waals surface area contributed by atoms with Gasteiger partial charge in [0.05, 0.1) is 0 Å². The lowest BCUT2D eigenvalue weighted by atomic mass is 10.1. The monoisotopic (exact) mass is 639 g/mol. The number of thiol groups is 1. The molecule has 0 saturated heterocycles. The van der Waals surface area contributed by atoms with Crippen LogP contribution in [-0.4, -0.2) is 102 Å². The zero-order valence-corrected chi connectivity index (χ0v) is 25.0. The molecule has 0 aromatic heterocycles. The van der Waals surface area contributed by atoms with Crippen molar-refractivity contribution in [3.8, 4) is 0 Å². The number of carbonyl (C=O) groups is 6. The summed E-state index contributed by atoms with van der Waals surface area (Å²) < 4.78 is 0. The first-order chi connectivity index (χ1) is 19.6. The highest BCUT2D eigenvalue weighted by molar-refractivity contribution is 7.80. The van der Waals surface area contributed by atoms with Gasteiger partial charge in [0, 0.05) is 12.2 Å². The third-order valence-electron chi connectivity index (χ3n) is 4.51. The van der Waals surface area contributed by atoms with E-state index in [0.717, 1.165) is 5.56 Å². The van der Waals surface area contributed by atoms with E-state index in [9.17, 15) is 28.8 Å². The number of carboxylic acids is 6. The van der Waals surface area contributed by atoms with E-state index >= 15 is 0 Å². The van der Waals surface area contributed by atoms with Crippen molar-refractivity contribution in [3.63, 3.8) is 0 Å². The van der Waals surface area contributed by atoms with Gasteiger partial charge in [-0.3, -0.25) is 28.8 Å². The summed E-state index contributed by atoms with van der Waals surface area (Å²) in [5.74, 6) is -5.84. The van der Waals surface area contributed by atoms with Gasteiger partial charge in [0.25, 0.3) is 0 Å². The summed E-state index contributed by atoms with van der Waals surface area (Å²) in [6.07, 6.45) is 0.161. The van der Waals surface area contributed by atoms with Crippen molar-refractivity contribution in [2.75, 3.05) is 5.75 Å². The highest BCUT2D eigenvalue weighted by atomic mass is 32.1. The minimum Gasteiger partial charge on any atom is -0.481 e. The molecule has 0 spiro atoms. The van der Waals surface area contributed by atoms with Gasteiger partial charge >= 0.3 is 35.8 Å². The van der Waals surface area contributed by atoms with Gasteiger partial charge in [0.1, 0.15) is 30.2 Å². The van der Waals surface area contributed by atoms with Crippen LogP contribution in [-0.2, 0) is 35.2 Å². The van der Waals surface area contributed by atoms with E-state index in [0.29, 0.717) is 6.42 Å². The minimum atomic E-state index is -1.17. The fourth-order valence-corrected chi connectivity index (χ4v) is 1.88. The predicted molar refractivity (Wildman–Crippen MR) is 159 cm³/mol. The molecule has 1 aromatic rings. The molecule has 0 amide bonds. The Labute approximate surface area is 254 Å². The molecule has 1 aromatic carbocycles. The fraction of sp³-hybridized carbons (Fsp3) is 0.520. The maximum absolute atomic E-state index is 10.4. The number of hydrogen-bond acceptors (Lipinski definition) is 12. The first kappa shape index (κ1) is 46.2. The van der Waals surface area contributed by atoms with Crippen LogP contribution < -0.4 is 28.7 Å². The molecule has 0 aliphatic rings. The van der Waals surface area contributed by atoms with E-state index in [-0.39, 0.29) is 24.5 Å². The van der Waals surface area contributed by atoms with Crippen molar-refractivity contribution < 1.29 is 59.4 Å². The summed E-state index contributed by atoms with van der Waals surface area (Å²) in [7, 11) is 0. The van der Waals surface area contributed by atoms with Crippen LogP contribution in [0.2, 0.25) is 0 Å². The van der Waals surface area contributed by atoms with Gasteiger partial charge in [-0.15, -0.1) is 0 Å². The van der Waals surface area contributed by atoms with Crippen molar-refractivity contribution in [1.82, 2.24) is 0 Å². The van der Waals surface area contributed by atoms with E-state index in [1.807, 2.05) is 30.3 Å². The Hall–Kier alpha value is -3.81. The van der Waals surface area contributed by atoms with Crippen molar-refractivity contribution in [2.24, 2.45) is 34.6 Å². The molecule has 5 unspecified atom stereocenters. The molecule has 43 heavy (non-hydrogen) atoms. The van der Waals surface area contributed by atoms with Gasteiger partial charge in [0.2, 0.25) is 0 Å². The Kier molecular flexibility index (Phi) is 29.0. The van der Waals surface area contributed by atoms with Gasteiger partial charge in [-0.2, -0.15) is 12.6 Å². The Morgan fingerprint density at radius 1 is 0.651 bits per heavy atom. The summed E-state index contributed by atoms with van der Waals surface area (Å²) in [6, 6.07) is 5.22. The summed E-state index contributed by atoms with van der Waals surface area (Å²) in [4.78, 5) is 59.6. The Bertz CT molecular complexity index is 967. The molecule has 248 valence electrons. The van der Waals surface area contributed by atoms with Gasteiger partial charge in [-0.1, -0.05) is 44.2 Å². The number of rotatable bonds is 12. The molecule has 0 saturated carbocycles. The van der Waals surface area contributed by atoms with Crippen LogP contribution in [0.25, 0.3) is 0 Å². The Morgan fingerprint density at radius 3 is 1.26 bits per heavy atom. The zero-order valence-electron chi connectivity index (χ0n) is 24.1. The second-order valence-electron chi connectivity index (χ2n) is 8.87. The van der Waals surface area contributed by atoms with E-state index in [1.165, 1.54) is 6.92 Å². The lowest BCUT2D eigenvalue weighted by Gasteiger charge is -2.07. The molecule has 17 nitrogen and oxygen atoms in total. The summed E-state index contributed by atoms with van der Waals surface area (Å²) in [5, 5.41) is 48.9. The fourth-order valence-electron chi connectivity index (χ4n) is 1.72. The number of carboxylic acid groups (broad SMARTS) is 6. The maximum atomic E-state index is 10.4. The third-order valence-corrected chi connectivity index (χ3v) is 4.90. The van der Waals surface area contributed by atoms with Crippen LogP contribution in [0.4, 0.5) is 0 Å². The van der Waals surface area contributed by atoms with Crippen molar-refractivity contribution in [3.05, 3.63) is 35.9 Å². The molecule has 0 aliphatic heterocycles. The average molecular weight is 640 g/mol. The summed E-state index contributed by atoms with van der Waals surface area (Å²) in [6.45, 7) is 4.97. The smallest absolute Gasteiger partial charge is 0.321 e. The highest BCUT2D eigenvalue weighted by Crippen LogP contribution is 2.01. The van der Waals surface area contributed by atoms with E-state index in [2.05, 4.69) is 12.6 Å². The predicted octanol–water partition coefficient (Wildman–Crippen LogP) is -1.30. The van der Waals surface area contributed by atoms with Crippen LogP contribution in [0.15, 0.2) is 30.3 Å². The molecular formula is C25H45N5O12S. The molecule has 0 fully saturated rings. The first-order valence-corrected chi connectivity index (χ1v) is 13.0. The van der Waals surface area contributed by atoms with Crippen molar-refractivity contribution >= 4 is 48.4 Å². The molecular weight excluding hydrogens is 594 g/mol. The quantitative estimate of drug-likeness (QED) is 0.118. The molecule has 16 N–H and O–H groups in total. The molecule has 0 aliphatic carbocycles. The molecule has 1 rings (SSSR count). The number of benzene rings is 1. The molecule has 0 radical (unpaired) electrons. The SMILES string of the molecule is CC(C)C(N)C(=O)O.CC(N)C(=O)O.NC(CCC(=O)O)C(=O)O.NC(CS)C(=O)O.NC(Cc1ccccc1)C(=O)O. The van der Waals surface area contributed by atoms with Gasteiger partial charge in [0.15, 0.2) is 0 Å². The van der Waals surface area contributed by atoms with Gasteiger partial charge < -0.3 is 59.3 Å². The van der Waals surface area contributed by atoms with Crippen LogP contribution in [0, 0.1) is 5.92 Å². The molecule has 0 heterocycles. The summed E-state index contributed by atoms with van der Waals surface area (Å²) in [5.41, 5.74) is 26.2. The Balaban J connectivity index is -0.000000227. The zero-order chi connectivity index (χ0) is 34.9. The topological polar surface area (TPSA) is 354 Å². The Morgan fingerprint density at radius 2 is 1.05 bits per heavy atom. The van der Waals surface area contributed by atoms with E-state index < -0.39 is 66.0 Å². The number of hydrogen-bond donors (Lipinski definition) is 12. The maximum Gasteiger partial charge on any atom is 0.321 e. The minimum absolute atomic E-state index is 0.0208. The first-order valence-electron chi connectivity index (χ1n) is 12.4. The van der Waals surface area contributed by atoms with Crippen LogP contribution in [0.3, 0.4) is 0 Å². The largest absolute Gasteiger partial charge is 0.481 e. The average Bonchev–Trinajstić information content (AvgIpc) is 2.92. The van der Waals surface area contributed by atoms with Crippen molar-refractivity contribution in [2.45, 2.75) is 70.2 Å². The lowest BCUT2D eigenvalue weighted by molar-refractivity contribution is -0.141.